The maximum absolute atomic E-state index is 13.5. The molecule has 0 atom stereocenters. The molecular formula is C26H30N2O5S. The van der Waals surface area contributed by atoms with Crippen LogP contribution in [0.4, 0.5) is 5.69 Å². The van der Waals surface area contributed by atoms with Gasteiger partial charge in [-0.25, -0.2) is 8.42 Å². The molecule has 0 aliphatic heterocycles. The van der Waals surface area contributed by atoms with Gasteiger partial charge in [0.25, 0.3) is 15.9 Å². The monoisotopic (exact) mass is 482 g/mol. The van der Waals surface area contributed by atoms with Gasteiger partial charge >= 0.3 is 0 Å². The van der Waals surface area contributed by atoms with Crippen molar-refractivity contribution in [3.63, 3.8) is 0 Å². The van der Waals surface area contributed by atoms with E-state index in [2.05, 4.69) is 4.72 Å². The number of ether oxygens (including phenoxy) is 2. The van der Waals surface area contributed by atoms with Crippen LogP contribution in [0.1, 0.15) is 34.0 Å². The lowest BCUT2D eigenvalue weighted by molar-refractivity contribution is 0.0753. The van der Waals surface area contributed by atoms with E-state index in [1.165, 1.54) is 0 Å². The van der Waals surface area contributed by atoms with E-state index in [9.17, 15) is 13.2 Å². The van der Waals surface area contributed by atoms with Crippen molar-refractivity contribution in [2.45, 2.75) is 32.2 Å². The van der Waals surface area contributed by atoms with Crippen LogP contribution in [0.5, 0.6) is 11.5 Å². The van der Waals surface area contributed by atoms with Gasteiger partial charge in [-0.2, -0.15) is 0 Å². The molecule has 3 aromatic rings. The molecule has 0 fully saturated rings. The van der Waals surface area contributed by atoms with Crippen LogP contribution in [0.15, 0.2) is 65.6 Å². The number of hydrogen-bond donors (Lipinski definition) is 1. The van der Waals surface area contributed by atoms with Gasteiger partial charge in [-0.3, -0.25) is 9.52 Å². The number of aryl methyl sites for hydroxylation is 2. The molecule has 3 aromatic carbocycles. The number of nitrogens with zero attached hydrogens (tertiary/aromatic N) is 1. The van der Waals surface area contributed by atoms with Crippen LogP contribution in [0.2, 0.25) is 0 Å². The first kappa shape index (κ1) is 25.1. The Balaban J connectivity index is 1.90. The molecule has 0 aliphatic carbocycles. The first-order chi connectivity index (χ1) is 16.2. The number of carbonyl (C=O) groups is 1. The first-order valence-corrected chi connectivity index (χ1v) is 12.4. The van der Waals surface area contributed by atoms with Crippen LogP contribution in [-0.2, 0) is 16.6 Å². The number of carbonyl (C=O) groups excluding carboxylic acids is 1. The number of nitrogens with one attached hydrogen (secondary N) is 1. The second-order valence-corrected chi connectivity index (χ2v) is 9.58. The minimum absolute atomic E-state index is 0.187. The van der Waals surface area contributed by atoms with Gasteiger partial charge < -0.3 is 14.4 Å². The third-order valence-corrected chi connectivity index (χ3v) is 7.03. The van der Waals surface area contributed by atoms with Gasteiger partial charge in [0.2, 0.25) is 0 Å². The molecular weight excluding hydrogens is 452 g/mol. The fourth-order valence-corrected chi connectivity index (χ4v) is 5.06. The summed E-state index contributed by atoms with van der Waals surface area (Å²) in [5.41, 5.74) is 2.84. The van der Waals surface area contributed by atoms with Crippen molar-refractivity contribution in [2.75, 3.05) is 25.5 Å². The van der Waals surface area contributed by atoms with Crippen molar-refractivity contribution in [3.05, 3.63) is 82.9 Å². The Morgan fingerprint density at radius 3 is 2.32 bits per heavy atom. The van der Waals surface area contributed by atoms with Gasteiger partial charge in [-0.05, 0) is 67.8 Å². The Morgan fingerprint density at radius 1 is 0.941 bits per heavy atom. The van der Waals surface area contributed by atoms with Crippen molar-refractivity contribution in [1.29, 1.82) is 0 Å². The summed E-state index contributed by atoms with van der Waals surface area (Å²) >= 11 is 0. The highest BCUT2D eigenvalue weighted by Gasteiger charge is 2.23. The largest absolute Gasteiger partial charge is 0.493 e. The number of para-hydroxylation sites is 1. The van der Waals surface area contributed by atoms with Crippen LogP contribution in [0, 0.1) is 13.8 Å². The highest BCUT2D eigenvalue weighted by atomic mass is 32.2. The Hall–Kier alpha value is -3.52. The van der Waals surface area contributed by atoms with E-state index in [0.717, 1.165) is 11.1 Å². The molecule has 0 spiro atoms. The van der Waals surface area contributed by atoms with E-state index in [1.807, 2.05) is 32.0 Å². The molecule has 34 heavy (non-hydrogen) atoms. The van der Waals surface area contributed by atoms with Crippen molar-refractivity contribution in [2.24, 2.45) is 0 Å². The molecule has 0 radical (unpaired) electrons. The molecule has 0 saturated heterocycles. The van der Waals surface area contributed by atoms with E-state index in [-0.39, 0.29) is 22.1 Å². The van der Waals surface area contributed by atoms with Gasteiger partial charge in [-0.15, -0.1) is 0 Å². The number of rotatable bonds is 9. The minimum atomic E-state index is -3.88. The fourth-order valence-electron chi connectivity index (χ4n) is 3.65. The lowest BCUT2D eigenvalue weighted by Gasteiger charge is -2.23. The van der Waals surface area contributed by atoms with Crippen molar-refractivity contribution in [3.8, 4) is 11.5 Å². The van der Waals surface area contributed by atoms with Crippen LogP contribution >= 0.6 is 0 Å². The molecule has 0 aromatic heterocycles. The quantitative estimate of drug-likeness (QED) is 0.474. The van der Waals surface area contributed by atoms with Crippen molar-refractivity contribution >= 4 is 21.6 Å². The van der Waals surface area contributed by atoms with Gasteiger partial charge in [0.05, 0.1) is 30.4 Å². The maximum Gasteiger partial charge on any atom is 0.262 e. The van der Waals surface area contributed by atoms with Crippen LogP contribution < -0.4 is 14.2 Å². The van der Waals surface area contributed by atoms with Crippen LogP contribution in [-0.4, -0.2) is 40.0 Å². The second-order valence-electron chi connectivity index (χ2n) is 7.93. The number of benzene rings is 3. The van der Waals surface area contributed by atoms with Crippen LogP contribution in [0.3, 0.4) is 0 Å². The third-order valence-electron chi connectivity index (χ3n) is 5.53. The summed E-state index contributed by atoms with van der Waals surface area (Å²) in [4.78, 5) is 15.3. The summed E-state index contributed by atoms with van der Waals surface area (Å²) < 4.78 is 39.6. The Bertz CT molecular complexity index is 1290. The topological polar surface area (TPSA) is 84.9 Å². The zero-order chi connectivity index (χ0) is 24.9. The third kappa shape index (κ3) is 5.51. The zero-order valence-electron chi connectivity index (χ0n) is 20.1. The van der Waals surface area contributed by atoms with Gasteiger partial charge in [0.1, 0.15) is 0 Å². The smallest absolute Gasteiger partial charge is 0.262 e. The predicted octanol–water partition coefficient (Wildman–Crippen LogP) is 4.78. The number of sulfonamides is 1. The number of anilines is 1. The summed E-state index contributed by atoms with van der Waals surface area (Å²) in [6.45, 7) is 6.22. The molecule has 0 saturated carbocycles. The first-order valence-electron chi connectivity index (χ1n) is 10.9. The highest BCUT2D eigenvalue weighted by Crippen LogP contribution is 2.29. The van der Waals surface area contributed by atoms with Crippen molar-refractivity contribution in [1.82, 2.24) is 4.90 Å². The number of methoxy groups -OCH3 is 2. The van der Waals surface area contributed by atoms with E-state index in [1.54, 1.807) is 68.5 Å². The molecule has 1 amide bonds. The second kappa shape index (κ2) is 10.6. The molecule has 180 valence electrons. The maximum atomic E-state index is 13.5. The molecule has 0 unspecified atom stereocenters. The van der Waals surface area contributed by atoms with E-state index >= 15 is 0 Å². The van der Waals surface area contributed by atoms with Gasteiger partial charge in [0.15, 0.2) is 11.5 Å². The molecule has 0 aliphatic rings. The molecule has 3 rings (SSSR count). The predicted molar refractivity (Wildman–Crippen MR) is 133 cm³/mol. The SMILES string of the molecule is CCN(Cc1ccc(OC)c(OC)c1)C(=O)c1ccccc1NS(=O)(=O)c1cc(C)ccc1C. The lowest BCUT2D eigenvalue weighted by Crippen LogP contribution is -2.31. The summed E-state index contributed by atoms with van der Waals surface area (Å²) in [5, 5.41) is 0. The summed E-state index contributed by atoms with van der Waals surface area (Å²) in [7, 11) is -0.758. The number of amides is 1. The summed E-state index contributed by atoms with van der Waals surface area (Å²) in [6, 6.07) is 17.4. The normalized spacial score (nSPS) is 11.1. The zero-order valence-corrected chi connectivity index (χ0v) is 20.9. The van der Waals surface area contributed by atoms with E-state index < -0.39 is 10.0 Å². The Morgan fingerprint density at radius 2 is 1.65 bits per heavy atom. The van der Waals surface area contributed by atoms with E-state index in [0.29, 0.717) is 30.2 Å². The average Bonchev–Trinajstić information content (AvgIpc) is 2.83. The fraction of sp³-hybridized carbons (Fsp3) is 0.269. The van der Waals surface area contributed by atoms with Crippen molar-refractivity contribution < 1.29 is 22.7 Å². The highest BCUT2D eigenvalue weighted by molar-refractivity contribution is 7.92. The Labute approximate surface area is 201 Å². The van der Waals surface area contributed by atoms with Crippen LogP contribution in [0.25, 0.3) is 0 Å². The summed E-state index contributed by atoms with van der Waals surface area (Å²) in [5.74, 6) is 0.897. The molecule has 0 heterocycles. The Kier molecular flexibility index (Phi) is 7.83. The number of hydrogen-bond acceptors (Lipinski definition) is 5. The molecule has 7 nitrogen and oxygen atoms in total. The molecule has 0 bridgehead atoms. The molecule has 8 heteroatoms. The summed E-state index contributed by atoms with van der Waals surface area (Å²) in [6.07, 6.45) is 0. The van der Waals surface area contributed by atoms with Gasteiger partial charge in [-0.1, -0.05) is 30.3 Å². The van der Waals surface area contributed by atoms with Gasteiger partial charge in [0, 0.05) is 13.1 Å². The lowest BCUT2D eigenvalue weighted by atomic mass is 10.1. The molecule has 1 N–H and O–H groups in total. The standard InChI is InChI=1S/C26H30N2O5S/c1-6-28(17-20-13-14-23(32-4)24(16-20)33-5)26(29)21-9-7-8-10-22(21)27-34(30,31)25-15-18(2)11-12-19(25)3/h7-16,27H,6,17H2,1-5H3. The average molecular weight is 483 g/mol. The van der Waals surface area contributed by atoms with E-state index in [4.69, 9.17) is 9.47 Å². The minimum Gasteiger partial charge on any atom is -0.493 e.